The van der Waals surface area contributed by atoms with Crippen LogP contribution in [0.1, 0.15) is 51.0 Å². The maximum Gasteiger partial charge on any atom is 0.410 e. The van der Waals surface area contributed by atoms with Crippen molar-refractivity contribution >= 4 is 6.09 Å². The van der Waals surface area contributed by atoms with E-state index in [1.54, 1.807) is 0 Å². The van der Waals surface area contributed by atoms with E-state index in [0.717, 1.165) is 51.9 Å². The largest absolute Gasteiger partial charge is 0.449 e. The standard InChI is InChI=1S/C21H32N2O2/c1-2-3-13-23(21(24)25-17-19-9-10-19)20-11-14-22(15-12-20)16-18-7-5-4-6-8-18/h4-8,19-20H,2-3,9-17H2,1H3. The monoisotopic (exact) mass is 344 g/mol. The zero-order chi connectivity index (χ0) is 17.5. The molecule has 4 nitrogen and oxygen atoms in total. The van der Waals surface area contributed by atoms with E-state index in [-0.39, 0.29) is 6.09 Å². The third-order valence-electron chi connectivity index (χ3n) is 5.37. The van der Waals surface area contributed by atoms with Gasteiger partial charge >= 0.3 is 6.09 Å². The molecule has 138 valence electrons. The zero-order valence-corrected chi connectivity index (χ0v) is 15.5. The molecule has 1 saturated carbocycles. The van der Waals surface area contributed by atoms with Gasteiger partial charge in [0.2, 0.25) is 0 Å². The van der Waals surface area contributed by atoms with E-state index < -0.39 is 0 Å². The van der Waals surface area contributed by atoms with Crippen LogP contribution < -0.4 is 0 Å². The fourth-order valence-corrected chi connectivity index (χ4v) is 3.54. The van der Waals surface area contributed by atoms with Crippen molar-refractivity contribution in [2.45, 2.75) is 58.0 Å². The quantitative estimate of drug-likeness (QED) is 0.705. The Morgan fingerprint density at radius 1 is 1.16 bits per heavy atom. The van der Waals surface area contributed by atoms with Gasteiger partial charge in [0, 0.05) is 32.2 Å². The van der Waals surface area contributed by atoms with Crippen molar-refractivity contribution in [2.75, 3.05) is 26.2 Å². The Bertz CT molecular complexity index is 522. The Morgan fingerprint density at radius 2 is 1.88 bits per heavy atom. The molecule has 0 N–H and O–H groups in total. The first-order valence-corrected chi connectivity index (χ1v) is 9.96. The first-order chi connectivity index (χ1) is 12.3. The maximum absolute atomic E-state index is 12.5. The van der Waals surface area contributed by atoms with Gasteiger partial charge in [-0.15, -0.1) is 0 Å². The lowest BCUT2D eigenvalue weighted by atomic mass is 10.0. The highest BCUT2D eigenvalue weighted by molar-refractivity contribution is 5.68. The van der Waals surface area contributed by atoms with Crippen molar-refractivity contribution in [3.05, 3.63) is 35.9 Å². The highest BCUT2D eigenvalue weighted by Crippen LogP contribution is 2.29. The number of piperidine rings is 1. The molecule has 4 heteroatoms. The Kier molecular flexibility index (Phi) is 6.74. The molecule has 1 amide bonds. The number of hydrogen-bond acceptors (Lipinski definition) is 3. The molecule has 1 aliphatic carbocycles. The van der Waals surface area contributed by atoms with Crippen LogP contribution in [0.5, 0.6) is 0 Å². The number of nitrogens with zero attached hydrogens (tertiary/aromatic N) is 2. The highest BCUT2D eigenvalue weighted by atomic mass is 16.6. The van der Waals surface area contributed by atoms with Crippen molar-refractivity contribution in [1.82, 2.24) is 9.80 Å². The third kappa shape index (κ3) is 5.74. The van der Waals surface area contributed by atoms with Crippen LogP contribution in [-0.4, -0.2) is 48.2 Å². The first kappa shape index (κ1) is 18.2. The average molecular weight is 344 g/mol. The minimum absolute atomic E-state index is 0.0816. The summed E-state index contributed by atoms with van der Waals surface area (Å²) in [6, 6.07) is 11.0. The molecule has 1 aromatic rings. The van der Waals surface area contributed by atoms with Crippen molar-refractivity contribution < 1.29 is 9.53 Å². The van der Waals surface area contributed by atoms with E-state index in [0.29, 0.717) is 18.6 Å². The SMILES string of the molecule is CCCCN(C(=O)OCC1CC1)C1CCN(Cc2ccccc2)CC1. The molecule has 1 aromatic carbocycles. The normalized spacial score (nSPS) is 18.9. The van der Waals surface area contributed by atoms with Crippen LogP contribution in [0.2, 0.25) is 0 Å². The topological polar surface area (TPSA) is 32.8 Å². The molecule has 1 aliphatic heterocycles. The molecule has 2 fully saturated rings. The third-order valence-corrected chi connectivity index (χ3v) is 5.37. The van der Waals surface area contributed by atoms with Crippen molar-refractivity contribution in [1.29, 1.82) is 0 Å². The lowest BCUT2D eigenvalue weighted by Gasteiger charge is -2.38. The molecule has 1 saturated heterocycles. The fourth-order valence-electron chi connectivity index (χ4n) is 3.54. The smallest absolute Gasteiger partial charge is 0.410 e. The first-order valence-electron chi connectivity index (χ1n) is 9.96. The Balaban J connectivity index is 1.48. The second kappa shape index (κ2) is 9.23. The number of rotatable bonds is 8. The number of amides is 1. The molecule has 3 rings (SSSR count). The van der Waals surface area contributed by atoms with Gasteiger partial charge in [0.25, 0.3) is 0 Å². The van der Waals surface area contributed by atoms with E-state index >= 15 is 0 Å². The summed E-state index contributed by atoms with van der Waals surface area (Å²) < 4.78 is 5.57. The molecule has 0 radical (unpaired) electrons. The van der Waals surface area contributed by atoms with Gasteiger partial charge in [-0.05, 0) is 43.6 Å². The molecule has 0 spiro atoms. The Morgan fingerprint density at radius 3 is 2.52 bits per heavy atom. The van der Waals surface area contributed by atoms with Crippen LogP contribution >= 0.6 is 0 Å². The minimum atomic E-state index is -0.0816. The second-order valence-electron chi connectivity index (χ2n) is 7.56. The second-order valence-corrected chi connectivity index (χ2v) is 7.56. The van der Waals surface area contributed by atoms with Gasteiger partial charge < -0.3 is 9.64 Å². The van der Waals surface area contributed by atoms with Gasteiger partial charge in [0.05, 0.1) is 6.61 Å². The van der Waals surface area contributed by atoms with Crippen LogP contribution in [-0.2, 0) is 11.3 Å². The van der Waals surface area contributed by atoms with E-state index in [1.807, 2.05) is 4.90 Å². The van der Waals surface area contributed by atoms with Crippen LogP contribution in [0.3, 0.4) is 0 Å². The van der Waals surface area contributed by atoms with Crippen LogP contribution in [0.4, 0.5) is 4.79 Å². The summed E-state index contributed by atoms with van der Waals surface area (Å²) in [5, 5.41) is 0. The predicted molar refractivity (Wildman–Crippen MR) is 100 cm³/mol. The van der Waals surface area contributed by atoms with Gasteiger partial charge in [-0.25, -0.2) is 4.79 Å². The fraction of sp³-hybridized carbons (Fsp3) is 0.667. The summed E-state index contributed by atoms with van der Waals surface area (Å²) in [5.74, 6) is 0.629. The van der Waals surface area contributed by atoms with E-state index in [4.69, 9.17) is 4.74 Å². The number of benzene rings is 1. The van der Waals surface area contributed by atoms with Gasteiger partial charge in [-0.2, -0.15) is 0 Å². The molecular formula is C21H32N2O2. The summed E-state index contributed by atoms with van der Waals surface area (Å²) in [7, 11) is 0. The van der Waals surface area contributed by atoms with Crippen molar-refractivity contribution in [3.63, 3.8) is 0 Å². The average Bonchev–Trinajstić information content (AvgIpc) is 3.47. The van der Waals surface area contributed by atoms with Crippen molar-refractivity contribution in [3.8, 4) is 0 Å². The number of unbranched alkanes of at least 4 members (excludes halogenated alkanes) is 1. The molecule has 0 atom stereocenters. The summed E-state index contributed by atoms with van der Waals surface area (Å²) in [4.78, 5) is 17.1. The van der Waals surface area contributed by atoms with E-state index in [2.05, 4.69) is 42.2 Å². The zero-order valence-electron chi connectivity index (χ0n) is 15.5. The van der Waals surface area contributed by atoms with Crippen LogP contribution in [0.15, 0.2) is 30.3 Å². The Hall–Kier alpha value is -1.55. The van der Waals surface area contributed by atoms with Gasteiger partial charge in [0.15, 0.2) is 0 Å². The number of likely N-dealkylation sites (tertiary alicyclic amines) is 1. The molecule has 2 aliphatic rings. The number of carbonyl (C=O) groups excluding carboxylic acids is 1. The van der Waals surface area contributed by atoms with E-state index in [1.165, 1.54) is 18.4 Å². The van der Waals surface area contributed by atoms with Gasteiger partial charge in [0.1, 0.15) is 0 Å². The molecule has 0 bridgehead atoms. The summed E-state index contributed by atoms with van der Waals surface area (Å²) >= 11 is 0. The van der Waals surface area contributed by atoms with Gasteiger partial charge in [-0.1, -0.05) is 43.7 Å². The Labute approximate surface area is 152 Å². The highest BCUT2D eigenvalue weighted by Gasteiger charge is 2.30. The molecule has 0 aromatic heterocycles. The summed E-state index contributed by atoms with van der Waals surface area (Å²) in [6.45, 7) is 6.75. The van der Waals surface area contributed by atoms with Gasteiger partial charge in [-0.3, -0.25) is 4.90 Å². The molecule has 25 heavy (non-hydrogen) atoms. The lowest BCUT2D eigenvalue weighted by molar-refractivity contribution is 0.0605. The number of ether oxygens (including phenoxy) is 1. The maximum atomic E-state index is 12.5. The molecular weight excluding hydrogens is 312 g/mol. The number of carbonyl (C=O) groups is 1. The molecule has 1 heterocycles. The summed E-state index contributed by atoms with van der Waals surface area (Å²) in [6.07, 6.45) is 6.63. The lowest BCUT2D eigenvalue weighted by Crippen LogP contribution is -2.47. The van der Waals surface area contributed by atoms with Crippen LogP contribution in [0.25, 0.3) is 0 Å². The minimum Gasteiger partial charge on any atom is -0.449 e. The summed E-state index contributed by atoms with van der Waals surface area (Å²) in [5.41, 5.74) is 1.37. The van der Waals surface area contributed by atoms with Crippen LogP contribution in [0, 0.1) is 5.92 Å². The van der Waals surface area contributed by atoms with E-state index in [9.17, 15) is 4.79 Å². The number of hydrogen-bond donors (Lipinski definition) is 0. The predicted octanol–water partition coefficient (Wildman–Crippen LogP) is 4.30. The molecule has 0 unspecified atom stereocenters. The van der Waals surface area contributed by atoms with Crippen molar-refractivity contribution in [2.24, 2.45) is 5.92 Å².